The quantitative estimate of drug-likeness (QED) is 0.684. The van der Waals surface area contributed by atoms with E-state index in [1.54, 1.807) is 13.8 Å². The van der Waals surface area contributed by atoms with Crippen molar-refractivity contribution in [2.24, 2.45) is 40.4 Å². The van der Waals surface area contributed by atoms with E-state index in [2.05, 4.69) is 27.7 Å². The highest BCUT2D eigenvalue weighted by Crippen LogP contribution is 2.73. The van der Waals surface area contributed by atoms with Crippen molar-refractivity contribution in [1.82, 2.24) is 0 Å². The first-order valence-corrected chi connectivity index (χ1v) is 10.3. The molecule has 4 heteroatoms. The van der Waals surface area contributed by atoms with Crippen molar-refractivity contribution in [3.63, 3.8) is 0 Å². The zero-order valence-electron chi connectivity index (χ0n) is 17.6. The van der Waals surface area contributed by atoms with Gasteiger partial charge in [0.05, 0.1) is 18.9 Å². The van der Waals surface area contributed by atoms with Crippen molar-refractivity contribution in [2.45, 2.75) is 79.2 Å². The van der Waals surface area contributed by atoms with Crippen LogP contribution in [0.4, 0.5) is 0 Å². The Labute approximate surface area is 158 Å². The molecule has 0 amide bonds. The molecule has 0 aliphatic heterocycles. The minimum Gasteiger partial charge on any atom is -0.469 e. The molecule has 7 atom stereocenters. The Kier molecular flexibility index (Phi) is 4.73. The molecule has 26 heavy (non-hydrogen) atoms. The summed E-state index contributed by atoms with van der Waals surface area (Å²) in [6.07, 6.45) is 5.92. The number of rotatable bonds is 4. The minimum absolute atomic E-state index is 0.188. The molecule has 0 aromatic heterocycles. The van der Waals surface area contributed by atoms with Crippen molar-refractivity contribution in [3.05, 3.63) is 0 Å². The molecule has 0 N–H and O–H groups in total. The monoisotopic (exact) mass is 364 g/mol. The lowest BCUT2D eigenvalue weighted by molar-refractivity contribution is -0.182. The first kappa shape index (κ1) is 19.7. The van der Waals surface area contributed by atoms with Gasteiger partial charge in [-0.2, -0.15) is 0 Å². The lowest BCUT2D eigenvalue weighted by atomic mass is 9.64. The third kappa shape index (κ3) is 2.62. The second-order valence-electron chi connectivity index (χ2n) is 10.2. The van der Waals surface area contributed by atoms with E-state index < -0.39 is 17.4 Å². The summed E-state index contributed by atoms with van der Waals surface area (Å²) in [5.74, 6) is 0.312. The van der Waals surface area contributed by atoms with Crippen LogP contribution < -0.4 is 0 Å². The second-order valence-corrected chi connectivity index (χ2v) is 10.2. The predicted molar refractivity (Wildman–Crippen MR) is 100 cm³/mol. The average molecular weight is 365 g/mol. The van der Waals surface area contributed by atoms with E-state index in [1.165, 1.54) is 26.4 Å². The van der Waals surface area contributed by atoms with Crippen LogP contribution >= 0.6 is 0 Å². The van der Waals surface area contributed by atoms with Gasteiger partial charge in [0.25, 0.3) is 0 Å². The van der Waals surface area contributed by atoms with Crippen LogP contribution in [0.25, 0.3) is 0 Å². The molecule has 3 saturated carbocycles. The van der Waals surface area contributed by atoms with Gasteiger partial charge in [0.15, 0.2) is 0 Å². The van der Waals surface area contributed by atoms with Crippen LogP contribution in [0.15, 0.2) is 0 Å². The molecule has 5 unspecified atom stereocenters. The first-order valence-electron chi connectivity index (χ1n) is 10.3. The molecule has 2 bridgehead atoms. The van der Waals surface area contributed by atoms with Gasteiger partial charge in [-0.1, -0.05) is 34.6 Å². The van der Waals surface area contributed by atoms with Gasteiger partial charge in [0.2, 0.25) is 0 Å². The van der Waals surface area contributed by atoms with Gasteiger partial charge < -0.3 is 9.47 Å². The van der Waals surface area contributed by atoms with Gasteiger partial charge in [-0.05, 0) is 61.7 Å². The summed E-state index contributed by atoms with van der Waals surface area (Å²) in [5.41, 5.74) is 0.207. The molecule has 0 heterocycles. The lowest BCUT2D eigenvalue weighted by Crippen LogP contribution is -2.48. The Morgan fingerprint density at radius 3 is 2.19 bits per heavy atom. The number of methoxy groups -OCH3 is 1. The van der Waals surface area contributed by atoms with E-state index in [4.69, 9.17) is 9.47 Å². The Hall–Kier alpha value is -1.06. The first-order chi connectivity index (χ1) is 12.0. The van der Waals surface area contributed by atoms with Crippen LogP contribution in [0.2, 0.25) is 0 Å². The fourth-order valence-corrected chi connectivity index (χ4v) is 6.90. The predicted octanol–water partition coefficient (Wildman–Crippen LogP) is 4.61. The molecule has 148 valence electrons. The maximum atomic E-state index is 12.8. The SMILES string of the molecule is COC(=O)C(C)C(C)C(=O)O[C@]1(C)CCC23C[C@H]1C(C)(C)C2CCC3C. The maximum Gasteiger partial charge on any atom is 0.310 e. The normalized spacial score (nSPS) is 42.7. The summed E-state index contributed by atoms with van der Waals surface area (Å²) in [4.78, 5) is 24.6. The largest absolute Gasteiger partial charge is 0.469 e. The molecular formula is C22H36O4. The van der Waals surface area contributed by atoms with Gasteiger partial charge >= 0.3 is 11.9 Å². The van der Waals surface area contributed by atoms with Crippen LogP contribution in [-0.4, -0.2) is 24.6 Å². The molecule has 0 saturated heterocycles. The standard InChI is InChI=1S/C22H36O4/c1-13-8-9-16-20(4,5)17-12-22(13,16)11-10-21(17,6)26-19(24)15(3)14(2)18(23)25-7/h13-17H,8-12H2,1-7H3/t13?,14?,15?,16?,17-,21+,22?/m0/s1. The average Bonchev–Trinajstić information content (AvgIpc) is 3.01. The zero-order chi connectivity index (χ0) is 19.5. The number of carbonyl (C=O) groups is 2. The molecule has 0 radical (unpaired) electrons. The summed E-state index contributed by atoms with van der Waals surface area (Å²) in [6, 6.07) is 0. The smallest absolute Gasteiger partial charge is 0.310 e. The molecule has 4 nitrogen and oxygen atoms in total. The third-order valence-electron chi connectivity index (χ3n) is 8.80. The van der Waals surface area contributed by atoms with Crippen LogP contribution in [0, 0.1) is 40.4 Å². The van der Waals surface area contributed by atoms with E-state index in [-0.39, 0.29) is 17.4 Å². The Bertz CT molecular complexity index is 597. The molecule has 3 rings (SSSR count). The van der Waals surface area contributed by atoms with E-state index in [0.717, 1.165) is 24.7 Å². The zero-order valence-corrected chi connectivity index (χ0v) is 17.6. The molecule has 0 aromatic carbocycles. The molecule has 3 fully saturated rings. The highest BCUT2D eigenvalue weighted by Gasteiger charge is 2.69. The van der Waals surface area contributed by atoms with Gasteiger partial charge in [-0.25, -0.2) is 0 Å². The van der Waals surface area contributed by atoms with Crippen LogP contribution in [0.1, 0.15) is 73.6 Å². The van der Waals surface area contributed by atoms with Crippen LogP contribution in [-0.2, 0) is 19.1 Å². The maximum absolute atomic E-state index is 12.8. The fraction of sp³-hybridized carbons (Fsp3) is 0.909. The second kappa shape index (κ2) is 6.24. The number of esters is 2. The number of fused-ring (bicyclic) bond motifs is 1. The number of hydrogen-bond donors (Lipinski definition) is 0. The number of ether oxygens (including phenoxy) is 2. The van der Waals surface area contributed by atoms with E-state index in [9.17, 15) is 9.59 Å². The highest BCUT2D eigenvalue weighted by atomic mass is 16.6. The summed E-state index contributed by atoms with van der Waals surface area (Å²) in [6.45, 7) is 12.8. The van der Waals surface area contributed by atoms with Crippen molar-refractivity contribution in [3.8, 4) is 0 Å². The van der Waals surface area contributed by atoms with Gasteiger partial charge in [0.1, 0.15) is 5.60 Å². The number of carbonyl (C=O) groups excluding carboxylic acids is 2. The molecular weight excluding hydrogens is 328 g/mol. The molecule has 0 aromatic rings. The Morgan fingerprint density at radius 1 is 0.962 bits per heavy atom. The summed E-state index contributed by atoms with van der Waals surface area (Å²) in [5, 5.41) is 0. The van der Waals surface area contributed by atoms with E-state index in [1.807, 2.05) is 0 Å². The Balaban J connectivity index is 1.79. The van der Waals surface area contributed by atoms with Crippen molar-refractivity contribution >= 4 is 11.9 Å². The van der Waals surface area contributed by atoms with Crippen molar-refractivity contribution < 1.29 is 19.1 Å². The van der Waals surface area contributed by atoms with E-state index in [0.29, 0.717) is 11.3 Å². The summed E-state index contributed by atoms with van der Waals surface area (Å²) >= 11 is 0. The highest BCUT2D eigenvalue weighted by molar-refractivity contribution is 5.81. The fourth-order valence-electron chi connectivity index (χ4n) is 6.90. The number of hydrogen-bond acceptors (Lipinski definition) is 4. The third-order valence-corrected chi connectivity index (χ3v) is 8.80. The molecule has 1 spiro atoms. The van der Waals surface area contributed by atoms with Crippen LogP contribution in [0.3, 0.4) is 0 Å². The molecule has 3 aliphatic carbocycles. The molecule has 3 aliphatic rings. The summed E-state index contributed by atoms with van der Waals surface area (Å²) < 4.78 is 11.0. The van der Waals surface area contributed by atoms with Gasteiger partial charge in [-0.3, -0.25) is 9.59 Å². The van der Waals surface area contributed by atoms with E-state index >= 15 is 0 Å². The van der Waals surface area contributed by atoms with Crippen molar-refractivity contribution in [2.75, 3.05) is 7.11 Å². The lowest BCUT2D eigenvalue weighted by Gasteiger charge is -2.47. The van der Waals surface area contributed by atoms with Crippen LogP contribution in [0.5, 0.6) is 0 Å². The minimum atomic E-state index is -0.488. The Morgan fingerprint density at radius 2 is 1.58 bits per heavy atom. The van der Waals surface area contributed by atoms with Gasteiger partial charge in [0, 0.05) is 5.92 Å². The van der Waals surface area contributed by atoms with Crippen molar-refractivity contribution in [1.29, 1.82) is 0 Å². The topological polar surface area (TPSA) is 52.6 Å². The van der Waals surface area contributed by atoms with Gasteiger partial charge in [-0.15, -0.1) is 0 Å². The summed E-state index contributed by atoms with van der Waals surface area (Å²) in [7, 11) is 1.36.